The number of carbonyl (C=O) groups is 1. The average molecular weight is 280 g/mol. The molecule has 0 bridgehead atoms. The molecule has 0 aliphatic carbocycles. The van der Waals surface area contributed by atoms with E-state index in [0.717, 1.165) is 32.4 Å². The zero-order valence-electron chi connectivity index (χ0n) is 11.8. The molecule has 1 fully saturated rings. The molecule has 1 aliphatic rings. The molecule has 1 saturated heterocycles. The molecule has 5 heteroatoms. The molecule has 0 aromatic carbocycles. The number of ether oxygens (including phenoxy) is 1. The van der Waals surface area contributed by atoms with Gasteiger partial charge < -0.3 is 9.64 Å². The summed E-state index contributed by atoms with van der Waals surface area (Å²) in [6.45, 7) is 3.32. The van der Waals surface area contributed by atoms with Gasteiger partial charge in [0.2, 0.25) is 0 Å². The van der Waals surface area contributed by atoms with Crippen LogP contribution in [0.3, 0.4) is 0 Å². The molecular formula is C15H21FN2O2. The van der Waals surface area contributed by atoms with Gasteiger partial charge in [-0.2, -0.15) is 0 Å². The highest BCUT2D eigenvalue weighted by Crippen LogP contribution is 2.14. The number of carbonyl (C=O) groups excluding carboxylic acids is 1. The van der Waals surface area contributed by atoms with Crippen molar-refractivity contribution in [3.63, 3.8) is 0 Å². The second kappa shape index (κ2) is 7.45. The van der Waals surface area contributed by atoms with Crippen molar-refractivity contribution in [3.8, 4) is 0 Å². The third-order valence-electron chi connectivity index (χ3n) is 3.56. The van der Waals surface area contributed by atoms with Crippen LogP contribution in [0.4, 0.5) is 4.39 Å². The Hall–Kier alpha value is -1.33. The van der Waals surface area contributed by atoms with E-state index in [-0.39, 0.29) is 5.78 Å². The van der Waals surface area contributed by atoms with Gasteiger partial charge in [-0.05, 0) is 37.9 Å². The maximum absolute atomic E-state index is 12.7. The van der Waals surface area contributed by atoms with E-state index in [1.54, 1.807) is 0 Å². The molecule has 20 heavy (non-hydrogen) atoms. The van der Waals surface area contributed by atoms with Gasteiger partial charge >= 0.3 is 0 Å². The van der Waals surface area contributed by atoms with E-state index >= 15 is 0 Å². The lowest BCUT2D eigenvalue weighted by molar-refractivity contribution is 0.0418. The predicted octanol–water partition coefficient (Wildman–Crippen LogP) is 2.15. The van der Waals surface area contributed by atoms with Gasteiger partial charge in [0.05, 0.1) is 12.8 Å². The van der Waals surface area contributed by atoms with Crippen molar-refractivity contribution in [3.05, 3.63) is 29.8 Å². The van der Waals surface area contributed by atoms with E-state index in [1.807, 2.05) is 7.05 Å². The zero-order valence-corrected chi connectivity index (χ0v) is 11.8. The van der Waals surface area contributed by atoms with Crippen molar-refractivity contribution in [2.24, 2.45) is 5.92 Å². The number of Topliss-reactive ketones (excluding diaryl/α,β-unsaturated/α-hetero) is 1. The second-order valence-electron chi connectivity index (χ2n) is 5.38. The van der Waals surface area contributed by atoms with Gasteiger partial charge in [0, 0.05) is 26.1 Å². The normalized spacial score (nSPS) is 19.2. The minimum Gasteiger partial charge on any atom is -0.381 e. The Bertz CT molecular complexity index is 430. The van der Waals surface area contributed by atoms with Crippen LogP contribution in [0.5, 0.6) is 0 Å². The third kappa shape index (κ3) is 4.65. The van der Waals surface area contributed by atoms with Crippen LogP contribution in [0.25, 0.3) is 0 Å². The van der Waals surface area contributed by atoms with Crippen LogP contribution in [0.15, 0.2) is 18.3 Å². The number of aromatic nitrogens is 1. The summed E-state index contributed by atoms with van der Waals surface area (Å²) in [6.07, 6.45) is 3.80. The highest BCUT2D eigenvalue weighted by atomic mass is 19.1. The Balaban J connectivity index is 1.73. The summed E-state index contributed by atoms with van der Waals surface area (Å²) in [6, 6.07) is 2.70. The first-order valence-corrected chi connectivity index (χ1v) is 7.06. The molecule has 0 spiro atoms. The molecule has 1 unspecified atom stereocenters. The topological polar surface area (TPSA) is 42.4 Å². The summed E-state index contributed by atoms with van der Waals surface area (Å²) in [4.78, 5) is 17.9. The molecule has 1 aromatic heterocycles. The molecule has 2 rings (SSSR count). The zero-order chi connectivity index (χ0) is 14.4. The van der Waals surface area contributed by atoms with Crippen molar-refractivity contribution in [1.82, 2.24) is 9.88 Å². The Morgan fingerprint density at radius 2 is 2.40 bits per heavy atom. The van der Waals surface area contributed by atoms with Crippen LogP contribution in [-0.4, -0.2) is 49.0 Å². The number of hydrogen-bond donors (Lipinski definition) is 0. The van der Waals surface area contributed by atoms with Crippen molar-refractivity contribution >= 4 is 5.78 Å². The Labute approximate surface area is 118 Å². The first kappa shape index (κ1) is 15.1. The first-order chi connectivity index (χ1) is 9.65. The number of nitrogens with zero attached hydrogens (tertiary/aromatic N) is 2. The van der Waals surface area contributed by atoms with Crippen molar-refractivity contribution in [2.75, 3.05) is 33.4 Å². The average Bonchev–Trinajstić information content (AvgIpc) is 2.46. The van der Waals surface area contributed by atoms with Crippen LogP contribution in [0.2, 0.25) is 0 Å². The van der Waals surface area contributed by atoms with Crippen LogP contribution in [-0.2, 0) is 4.74 Å². The summed E-state index contributed by atoms with van der Waals surface area (Å²) in [5.41, 5.74) is 0.334. The highest BCUT2D eigenvalue weighted by Gasteiger charge is 2.16. The van der Waals surface area contributed by atoms with E-state index in [1.165, 1.54) is 18.6 Å². The van der Waals surface area contributed by atoms with Gasteiger partial charge in [-0.3, -0.25) is 9.78 Å². The van der Waals surface area contributed by atoms with Crippen LogP contribution in [0, 0.1) is 11.7 Å². The summed E-state index contributed by atoms with van der Waals surface area (Å²) in [7, 11) is 2.01. The molecule has 0 amide bonds. The molecule has 0 radical (unpaired) electrons. The van der Waals surface area contributed by atoms with E-state index in [2.05, 4.69) is 9.88 Å². The smallest absolute Gasteiger partial charge is 0.182 e. The van der Waals surface area contributed by atoms with Gasteiger partial charge in [0.15, 0.2) is 5.78 Å². The first-order valence-electron chi connectivity index (χ1n) is 7.06. The summed E-state index contributed by atoms with van der Waals surface area (Å²) in [5, 5.41) is 0. The summed E-state index contributed by atoms with van der Waals surface area (Å²) < 4.78 is 18.2. The maximum atomic E-state index is 12.7. The molecule has 0 N–H and O–H groups in total. The minimum atomic E-state index is -0.420. The predicted molar refractivity (Wildman–Crippen MR) is 74.2 cm³/mol. The van der Waals surface area contributed by atoms with Crippen LogP contribution >= 0.6 is 0 Å². The third-order valence-corrected chi connectivity index (χ3v) is 3.56. The minimum absolute atomic E-state index is 0.0447. The molecular weight excluding hydrogens is 259 g/mol. The van der Waals surface area contributed by atoms with E-state index < -0.39 is 5.82 Å². The maximum Gasteiger partial charge on any atom is 0.182 e. The Kier molecular flexibility index (Phi) is 5.61. The van der Waals surface area contributed by atoms with E-state index in [4.69, 9.17) is 4.74 Å². The van der Waals surface area contributed by atoms with E-state index in [9.17, 15) is 9.18 Å². The lowest BCUT2D eigenvalue weighted by Crippen LogP contribution is -2.32. The van der Waals surface area contributed by atoms with Crippen molar-refractivity contribution in [2.45, 2.75) is 19.3 Å². The van der Waals surface area contributed by atoms with Crippen LogP contribution in [0.1, 0.15) is 29.8 Å². The molecule has 2 heterocycles. The quantitative estimate of drug-likeness (QED) is 0.749. The fraction of sp³-hybridized carbons (Fsp3) is 0.600. The second-order valence-corrected chi connectivity index (χ2v) is 5.38. The molecule has 1 aliphatic heterocycles. The summed E-state index contributed by atoms with van der Waals surface area (Å²) >= 11 is 0. The summed E-state index contributed by atoms with van der Waals surface area (Å²) in [5.74, 6) is 0.0977. The lowest BCUT2D eigenvalue weighted by atomic mass is 10.0. The monoisotopic (exact) mass is 280 g/mol. The number of rotatable bonds is 6. The number of pyridine rings is 1. The molecule has 1 atom stereocenters. The number of ketones is 1. The Morgan fingerprint density at radius 3 is 3.05 bits per heavy atom. The van der Waals surface area contributed by atoms with E-state index in [0.29, 0.717) is 24.6 Å². The number of hydrogen-bond acceptors (Lipinski definition) is 4. The van der Waals surface area contributed by atoms with Gasteiger partial charge in [-0.15, -0.1) is 0 Å². The van der Waals surface area contributed by atoms with Gasteiger partial charge in [-0.1, -0.05) is 0 Å². The number of halogens is 1. The van der Waals surface area contributed by atoms with Crippen molar-refractivity contribution in [1.29, 1.82) is 0 Å². The fourth-order valence-corrected chi connectivity index (χ4v) is 2.44. The van der Waals surface area contributed by atoms with Gasteiger partial charge in [0.25, 0.3) is 0 Å². The van der Waals surface area contributed by atoms with Crippen molar-refractivity contribution < 1.29 is 13.9 Å². The highest BCUT2D eigenvalue weighted by molar-refractivity contribution is 5.94. The van der Waals surface area contributed by atoms with Gasteiger partial charge in [0.1, 0.15) is 11.5 Å². The molecule has 1 aromatic rings. The standard InChI is InChI=1S/C15H21FN2O2/c1-18(10-12-3-2-8-20-11-12)7-6-15(19)14-5-4-13(16)9-17-14/h4-5,9,12H,2-3,6-8,10-11H2,1H3. The molecule has 0 saturated carbocycles. The fourth-order valence-electron chi connectivity index (χ4n) is 2.44. The Morgan fingerprint density at radius 1 is 1.55 bits per heavy atom. The van der Waals surface area contributed by atoms with Gasteiger partial charge in [-0.25, -0.2) is 4.39 Å². The largest absolute Gasteiger partial charge is 0.381 e. The molecule has 4 nitrogen and oxygen atoms in total. The SMILES string of the molecule is CN(CCC(=O)c1ccc(F)cn1)CC1CCCOC1. The lowest BCUT2D eigenvalue weighted by Gasteiger charge is -2.26. The molecule has 110 valence electrons. The van der Waals surface area contributed by atoms with Crippen LogP contribution < -0.4 is 0 Å².